The summed E-state index contributed by atoms with van der Waals surface area (Å²) < 4.78 is 71.2. The largest absolute Gasteiger partial charge is 0.490 e. The number of furan rings is 1. The van der Waals surface area contributed by atoms with Crippen molar-refractivity contribution >= 4 is 11.9 Å². The first-order valence-electron chi connectivity index (χ1n) is 9.58. The summed E-state index contributed by atoms with van der Waals surface area (Å²) in [6.07, 6.45) is -2.83. The van der Waals surface area contributed by atoms with Gasteiger partial charge in [-0.2, -0.15) is 26.3 Å². The van der Waals surface area contributed by atoms with Gasteiger partial charge >= 0.3 is 24.3 Å². The summed E-state index contributed by atoms with van der Waals surface area (Å²) in [7, 11) is 0. The normalized spacial score (nSPS) is 13.5. The van der Waals surface area contributed by atoms with Crippen LogP contribution in [0, 0.1) is 0 Å². The summed E-state index contributed by atoms with van der Waals surface area (Å²) in [6.45, 7) is 3.71. The molecule has 0 unspecified atom stereocenters. The maximum atomic E-state index is 10.6. The van der Waals surface area contributed by atoms with Gasteiger partial charge in [-0.1, -0.05) is 6.07 Å². The summed E-state index contributed by atoms with van der Waals surface area (Å²) in [6, 6.07) is 7.98. The molecule has 1 aliphatic heterocycles. The molecule has 190 valence electrons. The molecule has 35 heavy (non-hydrogen) atoms. The highest BCUT2D eigenvalue weighted by Gasteiger charge is 2.38. The van der Waals surface area contributed by atoms with Crippen molar-refractivity contribution in [3.05, 3.63) is 60.5 Å². The van der Waals surface area contributed by atoms with E-state index in [-0.39, 0.29) is 0 Å². The average molecular weight is 508 g/mol. The highest BCUT2D eigenvalue weighted by Crippen LogP contribution is 2.24. The Balaban J connectivity index is 0.000000257. The van der Waals surface area contributed by atoms with E-state index in [0.29, 0.717) is 0 Å². The lowest BCUT2D eigenvalue weighted by Crippen LogP contribution is -2.33. The quantitative estimate of drug-likeness (QED) is 0.513. The van der Waals surface area contributed by atoms with Crippen molar-refractivity contribution in [3.63, 3.8) is 0 Å². The minimum atomic E-state index is -5.08. The van der Waals surface area contributed by atoms with Crippen LogP contribution in [0.4, 0.5) is 26.3 Å². The van der Waals surface area contributed by atoms with Gasteiger partial charge in [-0.15, -0.1) is 0 Å². The molecule has 2 N–H and O–H groups in total. The molecular formula is C20H18F6N4O5. The lowest BCUT2D eigenvalue weighted by Gasteiger charge is -2.28. The molecule has 9 nitrogen and oxygen atoms in total. The van der Waals surface area contributed by atoms with E-state index in [2.05, 4.69) is 25.5 Å². The molecule has 0 spiro atoms. The predicted molar refractivity (Wildman–Crippen MR) is 106 cm³/mol. The lowest BCUT2D eigenvalue weighted by atomic mass is 10.2. The second-order valence-corrected chi connectivity index (χ2v) is 6.87. The van der Waals surface area contributed by atoms with Crippen LogP contribution in [0.15, 0.2) is 53.5 Å². The third-order valence-corrected chi connectivity index (χ3v) is 4.33. The van der Waals surface area contributed by atoms with E-state index in [1.165, 1.54) is 5.56 Å². The fraction of sp³-hybridized carbons (Fsp3) is 0.300. The van der Waals surface area contributed by atoms with Gasteiger partial charge in [-0.25, -0.2) is 14.6 Å². The van der Waals surface area contributed by atoms with Gasteiger partial charge in [-0.3, -0.25) is 9.88 Å². The van der Waals surface area contributed by atoms with Crippen LogP contribution in [-0.2, 0) is 29.2 Å². The summed E-state index contributed by atoms with van der Waals surface area (Å²) in [5.74, 6) is -3.54. The Morgan fingerprint density at radius 3 is 2.09 bits per heavy atom. The fourth-order valence-electron chi connectivity index (χ4n) is 2.82. The van der Waals surface area contributed by atoms with Crippen molar-refractivity contribution in [2.75, 3.05) is 6.54 Å². The molecule has 0 aromatic carbocycles. The number of nitrogens with zero attached hydrogens (tertiary/aromatic N) is 4. The zero-order valence-electron chi connectivity index (χ0n) is 17.6. The number of carboxylic acid groups (broad SMARTS) is 2. The first-order valence-corrected chi connectivity index (χ1v) is 9.58. The number of carbonyl (C=O) groups is 2. The first-order chi connectivity index (χ1) is 16.3. The third kappa shape index (κ3) is 8.44. The number of hydrogen-bond acceptors (Lipinski definition) is 6. The van der Waals surface area contributed by atoms with Gasteiger partial charge in [0.1, 0.15) is 11.5 Å². The maximum absolute atomic E-state index is 10.6. The van der Waals surface area contributed by atoms with Crippen LogP contribution in [0.1, 0.15) is 11.4 Å². The molecule has 0 saturated carbocycles. The molecule has 4 rings (SSSR count). The molecule has 3 aromatic heterocycles. The molecular weight excluding hydrogens is 490 g/mol. The van der Waals surface area contributed by atoms with E-state index in [0.717, 1.165) is 43.5 Å². The number of aliphatic carboxylic acids is 2. The van der Waals surface area contributed by atoms with Gasteiger partial charge in [0.2, 0.25) is 0 Å². The number of carboxylic acids is 2. The zero-order valence-corrected chi connectivity index (χ0v) is 17.6. The molecule has 0 radical (unpaired) electrons. The van der Waals surface area contributed by atoms with E-state index in [1.807, 2.05) is 36.8 Å². The molecule has 0 amide bonds. The molecule has 0 atom stereocenters. The molecule has 0 saturated heterocycles. The van der Waals surface area contributed by atoms with Crippen molar-refractivity contribution in [3.8, 4) is 11.5 Å². The smallest absolute Gasteiger partial charge is 0.475 e. The van der Waals surface area contributed by atoms with E-state index in [4.69, 9.17) is 24.2 Å². The summed E-state index contributed by atoms with van der Waals surface area (Å²) in [5.41, 5.74) is 2.31. The standard InChI is InChI=1S/C16H16N4O.2C2HF3O2/c1-3-13(9-17-5-1)11-19-6-7-20-14(10-18-16(20)12-19)15-4-2-8-21-15;2*3-2(4,5)1(6)7/h1-5,8-10H,6-7,11-12H2;2*(H,6,7). The highest BCUT2D eigenvalue weighted by molar-refractivity contribution is 5.73. The lowest BCUT2D eigenvalue weighted by molar-refractivity contribution is -0.193. The Kier molecular flexibility index (Phi) is 8.99. The molecule has 0 aliphatic carbocycles. The van der Waals surface area contributed by atoms with Crippen molar-refractivity contribution in [1.82, 2.24) is 19.4 Å². The van der Waals surface area contributed by atoms with Gasteiger partial charge < -0.3 is 19.2 Å². The van der Waals surface area contributed by atoms with Crippen LogP contribution in [0.25, 0.3) is 11.5 Å². The molecule has 15 heteroatoms. The number of alkyl halides is 6. The van der Waals surface area contributed by atoms with Gasteiger partial charge in [0.25, 0.3) is 0 Å². The Bertz CT molecular complexity index is 1070. The number of hydrogen-bond donors (Lipinski definition) is 2. The van der Waals surface area contributed by atoms with E-state index >= 15 is 0 Å². The fourth-order valence-corrected chi connectivity index (χ4v) is 2.82. The molecule has 4 heterocycles. The Labute approximate surface area is 193 Å². The minimum absolute atomic E-state index is 0.857. The average Bonchev–Trinajstić information content (AvgIpc) is 3.43. The second-order valence-electron chi connectivity index (χ2n) is 6.87. The van der Waals surface area contributed by atoms with Crippen LogP contribution in [0.3, 0.4) is 0 Å². The number of halogens is 6. The van der Waals surface area contributed by atoms with Gasteiger partial charge in [-0.05, 0) is 23.8 Å². The van der Waals surface area contributed by atoms with E-state index < -0.39 is 24.3 Å². The highest BCUT2D eigenvalue weighted by atomic mass is 19.4. The topological polar surface area (TPSA) is 122 Å². The number of pyridine rings is 1. The van der Waals surface area contributed by atoms with Crippen molar-refractivity contribution in [2.45, 2.75) is 32.0 Å². The van der Waals surface area contributed by atoms with Crippen LogP contribution >= 0.6 is 0 Å². The number of aromatic nitrogens is 3. The first kappa shape index (κ1) is 27.4. The van der Waals surface area contributed by atoms with Crippen LogP contribution in [-0.4, -0.2) is 60.5 Å². The Morgan fingerprint density at radius 1 is 0.971 bits per heavy atom. The van der Waals surface area contributed by atoms with Crippen molar-refractivity contribution in [2.24, 2.45) is 0 Å². The van der Waals surface area contributed by atoms with E-state index in [9.17, 15) is 26.3 Å². The van der Waals surface area contributed by atoms with Crippen LogP contribution in [0.2, 0.25) is 0 Å². The summed E-state index contributed by atoms with van der Waals surface area (Å²) in [4.78, 5) is 28.9. The van der Waals surface area contributed by atoms with Crippen molar-refractivity contribution < 1.29 is 50.6 Å². The van der Waals surface area contributed by atoms with Gasteiger partial charge in [0.15, 0.2) is 5.76 Å². The molecule has 0 fully saturated rings. The molecule has 0 bridgehead atoms. The number of imidazole rings is 1. The predicted octanol–water partition coefficient (Wildman–Crippen LogP) is 3.82. The molecule has 1 aliphatic rings. The maximum Gasteiger partial charge on any atom is 0.490 e. The van der Waals surface area contributed by atoms with Crippen LogP contribution < -0.4 is 0 Å². The zero-order chi connectivity index (χ0) is 26.2. The Hall–Kier alpha value is -3.88. The number of fused-ring (bicyclic) bond motifs is 1. The number of rotatable bonds is 3. The summed E-state index contributed by atoms with van der Waals surface area (Å²) in [5, 5.41) is 14.2. The van der Waals surface area contributed by atoms with Gasteiger partial charge in [0.05, 0.1) is 19.0 Å². The van der Waals surface area contributed by atoms with Crippen LogP contribution in [0.5, 0.6) is 0 Å². The minimum Gasteiger partial charge on any atom is -0.475 e. The SMILES string of the molecule is O=C(O)C(F)(F)F.O=C(O)C(F)(F)F.c1cncc(CN2CCn3c(-c4ccco4)cnc3C2)c1. The Morgan fingerprint density at radius 2 is 1.60 bits per heavy atom. The monoisotopic (exact) mass is 508 g/mol. The third-order valence-electron chi connectivity index (χ3n) is 4.33. The second kappa shape index (κ2) is 11.5. The molecule has 3 aromatic rings. The van der Waals surface area contributed by atoms with E-state index in [1.54, 1.807) is 6.26 Å². The summed E-state index contributed by atoms with van der Waals surface area (Å²) >= 11 is 0. The van der Waals surface area contributed by atoms with Crippen molar-refractivity contribution in [1.29, 1.82) is 0 Å². The van der Waals surface area contributed by atoms with Gasteiger partial charge in [0, 0.05) is 32.0 Å².